The summed E-state index contributed by atoms with van der Waals surface area (Å²) in [6, 6.07) is 0. The third-order valence-corrected chi connectivity index (χ3v) is 1.82. The van der Waals surface area contributed by atoms with Gasteiger partial charge in [0, 0.05) is 0 Å². The molecule has 0 aliphatic heterocycles. The van der Waals surface area contributed by atoms with Gasteiger partial charge in [-0.2, -0.15) is 0 Å². The Kier molecular flexibility index (Phi) is 2.33. The Hall–Kier alpha value is -1.43. The Morgan fingerprint density at radius 2 is 1.69 bits per heavy atom. The van der Waals surface area contributed by atoms with E-state index in [1.165, 1.54) is 6.92 Å². The van der Waals surface area contributed by atoms with Crippen molar-refractivity contribution < 1.29 is 13.2 Å². The van der Waals surface area contributed by atoms with E-state index in [9.17, 15) is 13.2 Å². The molecule has 0 spiro atoms. The van der Waals surface area contributed by atoms with E-state index in [2.05, 4.69) is 6.92 Å². The van der Waals surface area contributed by atoms with Crippen molar-refractivity contribution in [1.29, 1.82) is 0 Å². The zero-order chi connectivity index (χ0) is 10.2. The van der Waals surface area contributed by atoms with E-state index in [4.69, 9.17) is 6.42 Å². The molecule has 3 heteroatoms. The van der Waals surface area contributed by atoms with Crippen molar-refractivity contribution in [2.45, 2.75) is 6.92 Å². The van der Waals surface area contributed by atoms with Crippen molar-refractivity contribution in [2.75, 3.05) is 0 Å². The number of benzene rings is 1. The highest BCUT2D eigenvalue weighted by Gasteiger charge is 2.18. The molecule has 0 unspecified atom stereocenters. The van der Waals surface area contributed by atoms with Crippen molar-refractivity contribution in [3.63, 3.8) is 0 Å². The number of terminal acetylenes is 1. The molecule has 0 amide bonds. The maximum absolute atomic E-state index is 13.1. The molecule has 0 heterocycles. The Labute approximate surface area is 74.4 Å². The predicted molar refractivity (Wildman–Crippen MR) is 43.4 cm³/mol. The Morgan fingerprint density at radius 3 is 2.15 bits per heavy atom. The molecular weight excluding hydrogens is 177 g/mol. The van der Waals surface area contributed by atoms with Crippen LogP contribution in [0.3, 0.4) is 0 Å². The molecular formula is C10H6F3. The van der Waals surface area contributed by atoms with Crippen LogP contribution in [0.2, 0.25) is 0 Å². The van der Waals surface area contributed by atoms with Gasteiger partial charge in [0.2, 0.25) is 0 Å². The summed E-state index contributed by atoms with van der Waals surface area (Å²) < 4.78 is 38.9. The Morgan fingerprint density at radius 1 is 1.15 bits per heavy atom. The minimum Gasteiger partial charge on any atom is -0.205 e. The van der Waals surface area contributed by atoms with Gasteiger partial charge in [-0.15, -0.1) is 6.42 Å². The average Bonchev–Trinajstić information content (AvgIpc) is 2.13. The quantitative estimate of drug-likeness (QED) is 0.428. The second-order valence-corrected chi connectivity index (χ2v) is 2.56. The summed E-state index contributed by atoms with van der Waals surface area (Å²) in [6.07, 6.45) is 4.82. The molecule has 0 saturated carbocycles. The maximum Gasteiger partial charge on any atom is 0.177 e. The molecule has 0 atom stereocenters. The summed E-state index contributed by atoms with van der Waals surface area (Å²) in [5, 5.41) is 0. The van der Waals surface area contributed by atoms with E-state index in [1.807, 2.05) is 0 Å². The summed E-state index contributed by atoms with van der Waals surface area (Å²) in [4.78, 5) is 0. The van der Waals surface area contributed by atoms with Crippen LogP contribution in [-0.4, -0.2) is 0 Å². The first-order valence-corrected chi connectivity index (χ1v) is 3.46. The monoisotopic (exact) mass is 183 g/mol. The molecule has 0 saturated heterocycles. The first kappa shape index (κ1) is 9.66. The highest BCUT2D eigenvalue weighted by Crippen LogP contribution is 2.22. The number of hydrogen-bond acceptors (Lipinski definition) is 0. The van der Waals surface area contributed by atoms with Gasteiger partial charge in [0.15, 0.2) is 11.6 Å². The molecule has 0 N–H and O–H groups in total. The highest BCUT2D eigenvalue weighted by atomic mass is 19.2. The van der Waals surface area contributed by atoms with Gasteiger partial charge in [0.25, 0.3) is 0 Å². The van der Waals surface area contributed by atoms with Gasteiger partial charge < -0.3 is 0 Å². The summed E-state index contributed by atoms with van der Waals surface area (Å²) in [6.45, 7) is 4.49. The van der Waals surface area contributed by atoms with Crippen LogP contribution in [0.5, 0.6) is 0 Å². The Bertz CT molecular complexity index is 371. The van der Waals surface area contributed by atoms with Gasteiger partial charge in [0.1, 0.15) is 5.82 Å². The Balaban J connectivity index is 3.69. The lowest BCUT2D eigenvalue weighted by atomic mass is 10.0. The van der Waals surface area contributed by atoms with Crippen molar-refractivity contribution in [3.05, 3.63) is 41.1 Å². The molecule has 0 aliphatic rings. The molecule has 0 aromatic heterocycles. The molecule has 67 valence electrons. The van der Waals surface area contributed by atoms with E-state index in [0.717, 1.165) is 0 Å². The maximum atomic E-state index is 13.1. The minimum absolute atomic E-state index is 0.0631. The SMILES string of the molecule is C#Cc1c(F)c(C)c([CH2])c(F)c1F. The van der Waals surface area contributed by atoms with Crippen molar-refractivity contribution in [1.82, 2.24) is 0 Å². The van der Waals surface area contributed by atoms with Gasteiger partial charge in [-0.05, 0) is 25.0 Å². The van der Waals surface area contributed by atoms with Crippen molar-refractivity contribution >= 4 is 0 Å². The van der Waals surface area contributed by atoms with Crippen LogP contribution in [0.4, 0.5) is 13.2 Å². The van der Waals surface area contributed by atoms with E-state index in [0.29, 0.717) is 0 Å². The number of rotatable bonds is 0. The van der Waals surface area contributed by atoms with Gasteiger partial charge >= 0.3 is 0 Å². The van der Waals surface area contributed by atoms with Crippen molar-refractivity contribution in [2.24, 2.45) is 0 Å². The second-order valence-electron chi connectivity index (χ2n) is 2.56. The van der Waals surface area contributed by atoms with Gasteiger partial charge in [-0.1, -0.05) is 5.92 Å². The summed E-state index contributed by atoms with van der Waals surface area (Å²) >= 11 is 0. The number of hydrogen-bond donors (Lipinski definition) is 0. The molecule has 0 aliphatic carbocycles. The lowest BCUT2D eigenvalue weighted by Crippen LogP contribution is -2.02. The molecule has 1 radical (unpaired) electrons. The zero-order valence-electron chi connectivity index (χ0n) is 6.92. The fourth-order valence-electron chi connectivity index (χ4n) is 0.950. The summed E-state index contributed by atoms with van der Waals surface area (Å²) in [5.74, 6) is -1.71. The summed E-state index contributed by atoms with van der Waals surface area (Å²) in [7, 11) is 0. The van der Waals surface area contributed by atoms with Crippen LogP contribution in [0.25, 0.3) is 0 Å². The van der Waals surface area contributed by atoms with E-state index in [1.54, 1.807) is 5.92 Å². The van der Waals surface area contributed by atoms with E-state index < -0.39 is 23.0 Å². The first-order chi connectivity index (χ1) is 6.00. The van der Waals surface area contributed by atoms with Crippen LogP contribution >= 0.6 is 0 Å². The van der Waals surface area contributed by atoms with Crippen LogP contribution in [-0.2, 0) is 0 Å². The normalized spacial score (nSPS) is 9.85. The van der Waals surface area contributed by atoms with Crippen LogP contribution < -0.4 is 0 Å². The molecule has 1 aromatic rings. The first-order valence-electron chi connectivity index (χ1n) is 3.46. The zero-order valence-corrected chi connectivity index (χ0v) is 6.92. The van der Waals surface area contributed by atoms with Crippen LogP contribution in [0.15, 0.2) is 0 Å². The third-order valence-electron chi connectivity index (χ3n) is 1.82. The minimum atomic E-state index is -1.35. The molecule has 13 heavy (non-hydrogen) atoms. The molecule has 1 rings (SSSR count). The van der Waals surface area contributed by atoms with Gasteiger partial charge in [0.05, 0.1) is 5.56 Å². The molecule has 0 fully saturated rings. The third kappa shape index (κ3) is 1.29. The smallest absolute Gasteiger partial charge is 0.177 e. The standard InChI is InChI=1S/C10H6F3/c1-4-7-8(11)5(2)6(3)9(12)10(7)13/h1H,3H2,2H3. The van der Waals surface area contributed by atoms with Crippen molar-refractivity contribution in [3.8, 4) is 12.3 Å². The lowest BCUT2D eigenvalue weighted by Gasteiger charge is -2.06. The summed E-state index contributed by atoms with van der Waals surface area (Å²) in [5.41, 5.74) is -1.04. The van der Waals surface area contributed by atoms with E-state index >= 15 is 0 Å². The van der Waals surface area contributed by atoms with Crippen LogP contribution in [0.1, 0.15) is 16.7 Å². The fourth-order valence-corrected chi connectivity index (χ4v) is 0.950. The molecule has 1 aromatic carbocycles. The largest absolute Gasteiger partial charge is 0.205 e. The van der Waals surface area contributed by atoms with Gasteiger partial charge in [-0.25, -0.2) is 13.2 Å². The number of halogens is 3. The highest BCUT2D eigenvalue weighted by molar-refractivity contribution is 5.44. The second kappa shape index (κ2) is 3.14. The molecule has 0 nitrogen and oxygen atoms in total. The molecule has 0 bridgehead atoms. The topological polar surface area (TPSA) is 0 Å². The fraction of sp³-hybridized carbons (Fsp3) is 0.100. The van der Waals surface area contributed by atoms with Crippen LogP contribution in [0, 0.1) is 43.6 Å². The predicted octanol–water partition coefficient (Wildman–Crippen LogP) is 2.58. The van der Waals surface area contributed by atoms with Gasteiger partial charge in [-0.3, -0.25) is 0 Å². The average molecular weight is 183 g/mol. The lowest BCUT2D eigenvalue weighted by molar-refractivity contribution is 0.485. The van der Waals surface area contributed by atoms with E-state index in [-0.39, 0.29) is 11.1 Å².